The molecule has 3 aliphatic rings. The Morgan fingerprint density at radius 1 is 1.27 bits per heavy atom. The van der Waals surface area contributed by atoms with E-state index in [0.717, 1.165) is 44.8 Å². The lowest BCUT2D eigenvalue weighted by Gasteiger charge is -2.36. The van der Waals surface area contributed by atoms with Crippen LogP contribution < -0.4 is 0 Å². The predicted molar refractivity (Wildman–Crippen MR) is 80.3 cm³/mol. The van der Waals surface area contributed by atoms with Gasteiger partial charge < -0.3 is 19.3 Å². The second kappa shape index (κ2) is 6.18. The summed E-state index contributed by atoms with van der Waals surface area (Å²) in [4.78, 5) is 27.5. The number of nitrogens with zero attached hydrogens (tertiary/aromatic N) is 2. The van der Waals surface area contributed by atoms with E-state index < -0.39 is 0 Å². The highest BCUT2D eigenvalue weighted by atomic mass is 16.6. The van der Waals surface area contributed by atoms with Gasteiger partial charge in [0, 0.05) is 19.1 Å². The average molecular weight is 308 g/mol. The van der Waals surface area contributed by atoms with E-state index in [1.165, 1.54) is 6.42 Å². The van der Waals surface area contributed by atoms with Crippen LogP contribution in [0.25, 0.3) is 0 Å². The van der Waals surface area contributed by atoms with E-state index in [2.05, 4.69) is 6.58 Å². The van der Waals surface area contributed by atoms with Crippen molar-refractivity contribution in [3.63, 3.8) is 0 Å². The minimum Gasteiger partial charge on any atom is -0.441 e. The molecule has 122 valence electrons. The first-order valence-corrected chi connectivity index (χ1v) is 8.20. The zero-order valence-electron chi connectivity index (χ0n) is 13.0. The highest BCUT2D eigenvalue weighted by molar-refractivity contribution is 5.71. The van der Waals surface area contributed by atoms with E-state index in [-0.39, 0.29) is 23.8 Å². The van der Waals surface area contributed by atoms with Crippen molar-refractivity contribution in [2.75, 3.05) is 19.6 Å². The molecule has 6 nitrogen and oxygen atoms in total. The maximum Gasteiger partial charge on any atom is 0.414 e. The van der Waals surface area contributed by atoms with E-state index >= 15 is 0 Å². The van der Waals surface area contributed by atoms with Gasteiger partial charge in [-0.05, 0) is 38.5 Å². The van der Waals surface area contributed by atoms with Gasteiger partial charge in [-0.2, -0.15) is 0 Å². The maximum absolute atomic E-state index is 12.3. The van der Waals surface area contributed by atoms with E-state index in [0.29, 0.717) is 19.6 Å². The normalized spacial score (nSPS) is 25.2. The van der Waals surface area contributed by atoms with Crippen LogP contribution in [0.2, 0.25) is 0 Å². The van der Waals surface area contributed by atoms with Gasteiger partial charge in [0.25, 0.3) is 0 Å². The molecule has 0 aromatic carbocycles. The highest BCUT2D eigenvalue weighted by Crippen LogP contribution is 2.38. The van der Waals surface area contributed by atoms with Crippen LogP contribution in [0.1, 0.15) is 44.9 Å². The number of piperidine rings is 1. The summed E-state index contributed by atoms with van der Waals surface area (Å²) in [6, 6.07) is 0.168. The summed E-state index contributed by atoms with van der Waals surface area (Å²) in [6.45, 7) is 5.32. The molecular formula is C16H24N2O4. The second-order valence-electron chi connectivity index (χ2n) is 6.51. The summed E-state index contributed by atoms with van der Waals surface area (Å²) in [5.41, 5.74) is -0.242. The fourth-order valence-electron chi connectivity index (χ4n) is 3.89. The molecule has 0 unspecified atom stereocenters. The molecule has 2 amide bonds. The zero-order valence-corrected chi connectivity index (χ0v) is 13.0. The lowest BCUT2D eigenvalue weighted by atomic mass is 9.84. The first-order valence-electron chi connectivity index (χ1n) is 8.20. The molecule has 0 radical (unpaired) electrons. The minimum atomic E-state index is -0.360. The van der Waals surface area contributed by atoms with Gasteiger partial charge in [0.2, 0.25) is 0 Å². The Labute approximate surface area is 131 Å². The summed E-state index contributed by atoms with van der Waals surface area (Å²) >= 11 is 0. The number of hydrogen-bond acceptors (Lipinski definition) is 4. The average Bonchev–Trinajstić information content (AvgIpc) is 2.84. The molecule has 1 saturated carbocycles. The molecule has 0 aromatic heterocycles. The summed E-state index contributed by atoms with van der Waals surface area (Å²) < 4.78 is 10.5. The topological polar surface area (TPSA) is 59.1 Å². The van der Waals surface area contributed by atoms with Crippen molar-refractivity contribution in [1.29, 1.82) is 0 Å². The van der Waals surface area contributed by atoms with Gasteiger partial charge in [-0.1, -0.05) is 13.0 Å². The van der Waals surface area contributed by atoms with Gasteiger partial charge in [0.1, 0.15) is 5.60 Å². The summed E-state index contributed by atoms with van der Waals surface area (Å²) in [7, 11) is 0. The fourth-order valence-corrected chi connectivity index (χ4v) is 3.89. The molecule has 6 heteroatoms. The van der Waals surface area contributed by atoms with E-state index in [9.17, 15) is 9.59 Å². The summed E-state index contributed by atoms with van der Waals surface area (Å²) in [6.07, 6.45) is 7.67. The van der Waals surface area contributed by atoms with Gasteiger partial charge in [-0.3, -0.25) is 0 Å². The number of ether oxygens (including phenoxy) is 2. The number of carbonyl (C=O) groups is 2. The quantitative estimate of drug-likeness (QED) is 0.736. The lowest BCUT2D eigenvalue weighted by molar-refractivity contribution is 0.0259. The first kappa shape index (κ1) is 15.2. The Kier molecular flexibility index (Phi) is 4.27. The Balaban J connectivity index is 1.56. The number of hydrogen-bond donors (Lipinski definition) is 0. The van der Waals surface area contributed by atoms with Gasteiger partial charge in [0.05, 0.1) is 12.8 Å². The third-order valence-corrected chi connectivity index (χ3v) is 5.11. The van der Waals surface area contributed by atoms with Gasteiger partial charge in [0.15, 0.2) is 0 Å². The summed E-state index contributed by atoms with van der Waals surface area (Å²) in [5, 5.41) is 0. The van der Waals surface area contributed by atoms with Crippen LogP contribution in [0.4, 0.5) is 9.59 Å². The van der Waals surface area contributed by atoms with Crippen molar-refractivity contribution in [3.05, 3.63) is 12.8 Å². The summed E-state index contributed by atoms with van der Waals surface area (Å²) in [5.74, 6) is 0. The molecule has 0 bridgehead atoms. The van der Waals surface area contributed by atoms with Crippen molar-refractivity contribution in [3.8, 4) is 0 Å². The van der Waals surface area contributed by atoms with Gasteiger partial charge >= 0.3 is 12.2 Å². The van der Waals surface area contributed by atoms with Crippen LogP contribution in [-0.2, 0) is 9.47 Å². The van der Waals surface area contributed by atoms with Crippen molar-refractivity contribution in [2.45, 2.75) is 56.6 Å². The molecule has 2 aliphatic heterocycles. The van der Waals surface area contributed by atoms with Crippen LogP contribution >= 0.6 is 0 Å². The maximum atomic E-state index is 12.3. The van der Waals surface area contributed by atoms with E-state index in [1.807, 2.05) is 4.90 Å². The van der Waals surface area contributed by atoms with Gasteiger partial charge in [-0.25, -0.2) is 9.59 Å². The second-order valence-corrected chi connectivity index (χ2v) is 6.51. The standard InChI is InChI=1S/C16H24N2O4/c1-2-21-14(19)17-10-6-13(7-11-17)18-12-16(22-15(18)20)8-4-3-5-9-16/h2,13H,1,3-12H2. The minimum absolute atomic E-state index is 0.168. The Morgan fingerprint density at radius 3 is 2.59 bits per heavy atom. The Morgan fingerprint density at radius 2 is 1.95 bits per heavy atom. The molecule has 3 rings (SSSR count). The Bertz CT molecular complexity index is 451. The first-order chi connectivity index (χ1) is 10.6. The van der Waals surface area contributed by atoms with Crippen molar-refractivity contribution < 1.29 is 19.1 Å². The van der Waals surface area contributed by atoms with Crippen LogP contribution in [0.3, 0.4) is 0 Å². The molecule has 2 heterocycles. The SMILES string of the molecule is C=COC(=O)N1CCC(N2CC3(CCCCC3)OC2=O)CC1. The molecule has 3 fully saturated rings. The van der Waals surface area contributed by atoms with Crippen molar-refractivity contribution in [2.24, 2.45) is 0 Å². The Hall–Kier alpha value is -1.72. The van der Waals surface area contributed by atoms with Crippen LogP contribution in [0.15, 0.2) is 12.8 Å². The third-order valence-electron chi connectivity index (χ3n) is 5.11. The molecule has 1 spiro atoms. The van der Waals surface area contributed by atoms with E-state index in [4.69, 9.17) is 9.47 Å². The monoisotopic (exact) mass is 308 g/mol. The molecule has 0 atom stereocenters. The molecule has 1 aliphatic carbocycles. The van der Waals surface area contributed by atoms with Crippen LogP contribution in [0.5, 0.6) is 0 Å². The number of likely N-dealkylation sites (tertiary alicyclic amines) is 1. The predicted octanol–water partition coefficient (Wildman–Crippen LogP) is 2.89. The highest BCUT2D eigenvalue weighted by Gasteiger charge is 2.48. The van der Waals surface area contributed by atoms with Crippen LogP contribution in [0, 0.1) is 0 Å². The van der Waals surface area contributed by atoms with Crippen LogP contribution in [-0.4, -0.2) is 53.3 Å². The zero-order chi connectivity index (χ0) is 15.6. The lowest BCUT2D eigenvalue weighted by Crippen LogP contribution is -2.48. The molecular weight excluding hydrogens is 284 g/mol. The molecule has 0 aromatic rings. The molecule has 22 heavy (non-hydrogen) atoms. The largest absolute Gasteiger partial charge is 0.441 e. The number of carbonyl (C=O) groups excluding carboxylic acids is 2. The van der Waals surface area contributed by atoms with Crippen molar-refractivity contribution in [1.82, 2.24) is 9.80 Å². The molecule has 0 N–H and O–H groups in total. The number of amides is 2. The smallest absolute Gasteiger partial charge is 0.414 e. The molecule has 2 saturated heterocycles. The fraction of sp³-hybridized carbons (Fsp3) is 0.750. The van der Waals surface area contributed by atoms with Crippen molar-refractivity contribution >= 4 is 12.2 Å². The van der Waals surface area contributed by atoms with E-state index in [1.54, 1.807) is 4.90 Å². The van der Waals surface area contributed by atoms with Gasteiger partial charge in [-0.15, -0.1) is 0 Å². The third kappa shape index (κ3) is 2.91. The number of rotatable bonds is 2.